The zero-order valence-electron chi connectivity index (χ0n) is 8.04. The van der Waals surface area contributed by atoms with Gasteiger partial charge >= 0.3 is 0 Å². The van der Waals surface area contributed by atoms with Crippen molar-refractivity contribution >= 4 is 0 Å². The van der Waals surface area contributed by atoms with Crippen LogP contribution in [0.4, 0.5) is 0 Å². The highest BCUT2D eigenvalue weighted by Crippen LogP contribution is 2.07. The summed E-state index contributed by atoms with van der Waals surface area (Å²) in [4.78, 5) is 0. The van der Waals surface area contributed by atoms with E-state index in [0.29, 0.717) is 6.04 Å². The van der Waals surface area contributed by atoms with Crippen LogP contribution in [0.5, 0.6) is 0 Å². The molecule has 0 aliphatic carbocycles. The summed E-state index contributed by atoms with van der Waals surface area (Å²) >= 11 is 0. The Morgan fingerprint density at radius 1 is 1.67 bits per heavy atom. The second-order valence-electron chi connectivity index (χ2n) is 3.09. The van der Waals surface area contributed by atoms with Gasteiger partial charge in [-0.05, 0) is 26.0 Å². The maximum atomic E-state index is 4.32. The van der Waals surface area contributed by atoms with Crippen LogP contribution in [0.1, 0.15) is 32.0 Å². The van der Waals surface area contributed by atoms with Crippen molar-refractivity contribution in [2.45, 2.75) is 26.3 Å². The summed E-state index contributed by atoms with van der Waals surface area (Å²) in [5.41, 5.74) is 1.12. The summed E-state index contributed by atoms with van der Waals surface area (Å²) in [5, 5.41) is 7.70. The van der Waals surface area contributed by atoms with Gasteiger partial charge in [0, 0.05) is 19.3 Å². The van der Waals surface area contributed by atoms with Crippen LogP contribution in [-0.4, -0.2) is 16.3 Å². The Bertz CT molecular complexity index is 229. The molecule has 3 nitrogen and oxygen atoms in total. The molecule has 0 amide bonds. The van der Waals surface area contributed by atoms with Crippen molar-refractivity contribution in [2.75, 3.05) is 6.54 Å². The third-order valence-electron chi connectivity index (χ3n) is 1.88. The van der Waals surface area contributed by atoms with Crippen LogP contribution in [0.3, 0.4) is 0 Å². The van der Waals surface area contributed by atoms with Crippen LogP contribution in [0, 0.1) is 0 Å². The zero-order valence-corrected chi connectivity index (χ0v) is 8.04. The number of aryl methyl sites for hydroxylation is 1. The topological polar surface area (TPSA) is 29.9 Å². The second-order valence-corrected chi connectivity index (χ2v) is 3.09. The Balaban J connectivity index is 2.47. The van der Waals surface area contributed by atoms with Crippen molar-refractivity contribution in [1.82, 2.24) is 15.1 Å². The van der Waals surface area contributed by atoms with Crippen LogP contribution >= 0.6 is 0 Å². The largest absolute Gasteiger partial charge is 0.309 e. The molecule has 1 unspecified atom stereocenters. The lowest BCUT2D eigenvalue weighted by Crippen LogP contribution is -2.19. The highest BCUT2D eigenvalue weighted by molar-refractivity contribution is 5.03. The number of nitrogens with one attached hydrogen (secondary N) is 1. The van der Waals surface area contributed by atoms with Gasteiger partial charge in [-0.25, -0.2) is 0 Å². The Kier molecular flexibility index (Phi) is 3.29. The van der Waals surface area contributed by atoms with Gasteiger partial charge in [-0.15, -0.1) is 0 Å². The first kappa shape index (κ1) is 9.26. The normalized spacial score (nSPS) is 13.2. The highest BCUT2D eigenvalue weighted by Gasteiger charge is 2.05. The summed E-state index contributed by atoms with van der Waals surface area (Å²) in [6.07, 6.45) is 3.14. The van der Waals surface area contributed by atoms with E-state index in [9.17, 15) is 0 Å². The lowest BCUT2D eigenvalue weighted by molar-refractivity contribution is 0.549. The number of hydrogen-bond donors (Lipinski definition) is 1. The Labute approximate surface area is 73.8 Å². The summed E-state index contributed by atoms with van der Waals surface area (Å²) in [6.45, 7) is 5.36. The van der Waals surface area contributed by atoms with Crippen molar-refractivity contribution < 1.29 is 0 Å². The van der Waals surface area contributed by atoms with Crippen LogP contribution in [0.2, 0.25) is 0 Å². The molecule has 1 N–H and O–H groups in total. The predicted molar refractivity (Wildman–Crippen MR) is 49.9 cm³/mol. The lowest BCUT2D eigenvalue weighted by atomic mass is 10.2. The molecule has 1 rings (SSSR count). The third-order valence-corrected chi connectivity index (χ3v) is 1.88. The van der Waals surface area contributed by atoms with E-state index in [1.807, 2.05) is 24.0 Å². The van der Waals surface area contributed by atoms with Crippen molar-refractivity contribution in [3.05, 3.63) is 18.0 Å². The van der Waals surface area contributed by atoms with Crippen molar-refractivity contribution in [1.29, 1.82) is 0 Å². The minimum absolute atomic E-state index is 0.367. The Morgan fingerprint density at radius 2 is 2.42 bits per heavy atom. The number of aromatic nitrogens is 2. The Morgan fingerprint density at radius 3 is 2.92 bits per heavy atom. The monoisotopic (exact) mass is 167 g/mol. The summed E-state index contributed by atoms with van der Waals surface area (Å²) in [5.74, 6) is 0. The molecular formula is C9H17N3. The van der Waals surface area contributed by atoms with Crippen LogP contribution < -0.4 is 5.32 Å². The van der Waals surface area contributed by atoms with Gasteiger partial charge in [-0.3, -0.25) is 4.68 Å². The maximum Gasteiger partial charge on any atom is 0.0790 e. The first-order chi connectivity index (χ1) is 5.74. The summed E-state index contributed by atoms with van der Waals surface area (Å²) < 4.78 is 1.83. The van der Waals surface area contributed by atoms with Crippen LogP contribution in [-0.2, 0) is 7.05 Å². The van der Waals surface area contributed by atoms with E-state index < -0.39 is 0 Å². The quantitative estimate of drug-likeness (QED) is 0.736. The first-order valence-corrected chi connectivity index (χ1v) is 4.47. The molecular weight excluding hydrogens is 150 g/mol. The molecule has 0 saturated carbocycles. The summed E-state index contributed by atoms with van der Waals surface area (Å²) in [6, 6.07) is 2.42. The Hall–Kier alpha value is -0.830. The average molecular weight is 167 g/mol. The molecule has 1 heterocycles. The lowest BCUT2D eigenvalue weighted by Gasteiger charge is -2.09. The molecule has 0 fully saturated rings. The summed E-state index contributed by atoms with van der Waals surface area (Å²) in [7, 11) is 1.94. The van der Waals surface area contributed by atoms with Gasteiger partial charge in [0.25, 0.3) is 0 Å². The van der Waals surface area contributed by atoms with Crippen LogP contribution in [0.15, 0.2) is 12.3 Å². The van der Waals surface area contributed by atoms with Crippen molar-refractivity contribution in [3.63, 3.8) is 0 Å². The third kappa shape index (κ3) is 2.34. The zero-order chi connectivity index (χ0) is 8.97. The SMILES string of the molecule is CCCNC(C)c1ccn(C)n1. The van der Waals surface area contributed by atoms with Gasteiger partial charge in [0.2, 0.25) is 0 Å². The van der Waals surface area contributed by atoms with E-state index in [2.05, 4.69) is 24.3 Å². The minimum Gasteiger partial charge on any atom is -0.309 e. The molecule has 0 bridgehead atoms. The van der Waals surface area contributed by atoms with E-state index in [4.69, 9.17) is 0 Å². The van der Waals surface area contributed by atoms with Gasteiger partial charge in [0.1, 0.15) is 0 Å². The minimum atomic E-state index is 0.367. The van der Waals surface area contributed by atoms with Crippen LogP contribution in [0.25, 0.3) is 0 Å². The van der Waals surface area contributed by atoms with E-state index in [1.54, 1.807) is 0 Å². The van der Waals surface area contributed by atoms with E-state index in [-0.39, 0.29) is 0 Å². The molecule has 12 heavy (non-hydrogen) atoms. The molecule has 0 aliphatic heterocycles. The predicted octanol–water partition coefficient (Wildman–Crippen LogP) is 1.48. The van der Waals surface area contributed by atoms with Gasteiger partial charge in [-0.1, -0.05) is 6.92 Å². The maximum absolute atomic E-state index is 4.32. The first-order valence-electron chi connectivity index (χ1n) is 4.47. The van der Waals surface area contributed by atoms with Crippen molar-refractivity contribution in [3.8, 4) is 0 Å². The van der Waals surface area contributed by atoms with Gasteiger partial charge < -0.3 is 5.32 Å². The highest BCUT2D eigenvalue weighted by atomic mass is 15.3. The van der Waals surface area contributed by atoms with E-state index in [1.165, 1.54) is 0 Å². The molecule has 1 aromatic rings. The van der Waals surface area contributed by atoms with E-state index >= 15 is 0 Å². The fourth-order valence-corrected chi connectivity index (χ4v) is 1.13. The number of nitrogens with zero attached hydrogens (tertiary/aromatic N) is 2. The standard InChI is InChI=1S/C9H17N3/c1-4-6-10-8(2)9-5-7-12(3)11-9/h5,7-8,10H,4,6H2,1-3H3. The molecule has 0 saturated heterocycles. The molecule has 0 aliphatic rings. The molecule has 3 heteroatoms. The average Bonchev–Trinajstić information content (AvgIpc) is 2.47. The van der Waals surface area contributed by atoms with Gasteiger partial charge in [0.15, 0.2) is 0 Å². The number of hydrogen-bond acceptors (Lipinski definition) is 2. The van der Waals surface area contributed by atoms with Crippen molar-refractivity contribution in [2.24, 2.45) is 7.05 Å². The van der Waals surface area contributed by atoms with Gasteiger partial charge in [0.05, 0.1) is 5.69 Å². The molecule has 68 valence electrons. The fourth-order valence-electron chi connectivity index (χ4n) is 1.13. The molecule has 0 aromatic carbocycles. The molecule has 0 radical (unpaired) electrons. The number of rotatable bonds is 4. The second kappa shape index (κ2) is 4.26. The smallest absolute Gasteiger partial charge is 0.0790 e. The molecule has 0 spiro atoms. The molecule has 1 atom stereocenters. The molecule has 1 aromatic heterocycles. The van der Waals surface area contributed by atoms with Gasteiger partial charge in [-0.2, -0.15) is 5.10 Å². The fraction of sp³-hybridized carbons (Fsp3) is 0.667. The van der Waals surface area contributed by atoms with E-state index in [0.717, 1.165) is 18.7 Å².